The maximum Gasteiger partial charge on any atom is 0.307 e. The highest BCUT2D eigenvalue weighted by molar-refractivity contribution is 6.29. The molecule has 34 heavy (non-hydrogen) atoms. The molecule has 0 heterocycles. The van der Waals surface area contributed by atoms with Crippen molar-refractivity contribution in [1.29, 1.82) is 5.26 Å². The van der Waals surface area contributed by atoms with E-state index in [0.29, 0.717) is 24.8 Å². The number of carbonyl (C=O) groups is 3. The summed E-state index contributed by atoms with van der Waals surface area (Å²) in [4.78, 5) is 38.1. The van der Waals surface area contributed by atoms with Gasteiger partial charge in [0.15, 0.2) is 22.8 Å². The lowest BCUT2D eigenvalue weighted by atomic mass is 9.44. The van der Waals surface area contributed by atoms with Crippen LogP contribution in [0.15, 0.2) is 23.8 Å². The van der Waals surface area contributed by atoms with Gasteiger partial charge in [-0.15, -0.1) is 11.6 Å². The molecule has 4 rings (SSSR count). The lowest BCUT2D eigenvalue weighted by molar-refractivity contribution is -0.227. The summed E-state index contributed by atoms with van der Waals surface area (Å²) in [5.74, 6) is -3.09. The molecule has 8 heteroatoms. The average Bonchev–Trinajstić information content (AvgIpc) is 3.00. The van der Waals surface area contributed by atoms with Gasteiger partial charge in [0, 0.05) is 29.1 Å². The fraction of sp³-hybridized carbons (Fsp3) is 0.692. The summed E-state index contributed by atoms with van der Waals surface area (Å²) >= 11 is 6.02. The van der Waals surface area contributed by atoms with E-state index in [1.165, 1.54) is 12.2 Å². The van der Waals surface area contributed by atoms with Crippen molar-refractivity contribution in [2.24, 2.45) is 28.6 Å². The summed E-state index contributed by atoms with van der Waals surface area (Å²) in [7, 11) is 0. The van der Waals surface area contributed by atoms with Crippen molar-refractivity contribution >= 4 is 29.1 Å². The van der Waals surface area contributed by atoms with E-state index < -0.39 is 51.8 Å². The van der Waals surface area contributed by atoms with E-state index in [1.54, 1.807) is 19.9 Å². The largest absolute Gasteiger partial charge is 0.450 e. The van der Waals surface area contributed by atoms with E-state index in [1.807, 2.05) is 13.0 Å². The Kier molecular flexibility index (Phi) is 6.10. The molecule has 184 valence electrons. The molecule has 0 spiro atoms. The number of ether oxygens (including phenoxy) is 1. The number of hydrogen-bond acceptors (Lipinski definition) is 6. The fourth-order valence-electron chi connectivity index (χ4n) is 7.89. The molecule has 4 aliphatic rings. The Bertz CT molecular complexity index is 1030. The van der Waals surface area contributed by atoms with Crippen LogP contribution in [0.4, 0.5) is 4.39 Å². The number of nitriles is 1. The van der Waals surface area contributed by atoms with E-state index in [4.69, 9.17) is 21.6 Å². The van der Waals surface area contributed by atoms with Crippen LogP contribution >= 0.6 is 11.6 Å². The maximum absolute atomic E-state index is 17.2. The molecule has 0 aromatic carbocycles. The maximum atomic E-state index is 17.2. The Labute approximate surface area is 204 Å². The average molecular weight is 492 g/mol. The third-order valence-electron chi connectivity index (χ3n) is 9.43. The van der Waals surface area contributed by atoms with Crippen LogP contribution in [0.1, 0.15) is 59.3 Å². The molecule has 0 saturated heterocycles. The van der Waals surface area contributed by atoms with Gasteiger partial charge in [0.25, 0.3) is 0 Å². The molecule has 0 bridgehead atoms. The quantitative estimate of drug-likeness (QED) is 0.460. The summed E-state index contributed by atoms with van der Waals surface area (Å²) in [5.41, 5.74) is -5.14. The van der Waals surface area contributed by atoms with Crippen LogP contribution in [0, 0.1) is 39.9 Å². The van der Waals surface area contributed by atoms with Crippen LogP contribution in [0.5, 0.6) is 0 Å². The molecule has 3 fully saturated rings. The first-order valence-electron chi connectivity index (χ1n) is 11.9. The van der Waals surface area contributed by atoms with Crippen LogP contribution in [0.2, 0.25) is 0 Å². The Morgan fingerprint density at radius 2 is 2.06 bits per heavy atom. The van der Waals surface area contributed by atoms with Crippen LogP contribution in [0.25, 0.3) is 0 Å². The van der Waals surface area contributed by atoms with Crippen molar-refractivity contribution in [3.05, 3.63) is 23.8 Å². The second-order valence-electron chi connectivity index (χ2n) is 10.8. The van der Waals surface area contributed by atoms with Crippen molar-refractivity contribution < 1.29 is 28.6 Å². The topological polar surface area (TPSA) is 104 Å². The van der Waals surface area contributed by atoms with Gasteiger partial charge < -0.3 is 9.84 Å². The Morgan fingerprint density at radius 1 is 1.35 bits per heavy atom. The number of aliphatic hydroxyl groups is 1. The number of carbonyl (C=O) groups excluding carboxylic acids is 3. The molecule has 0 aliphatic heterocycles. The van der Waals surface area contributed by atoms with E-state index >= 15 is 4.39 Å². The highest BCUT2D eigenvalue weighted by atomic mass is 35.5. The normalized spacial score (nSPS) is 44.9. The molecule has 0 amide bonds. The molecule has 0 aromatic heterocycles. The monoisotopic (exact) mass is 491 g/mol. The second-order valence-corrected chi connectivity index (χ2v) is 11.1. The number of aliphatic hydroxyl groups excluding tert-OH is 1. The smallest absolute Gasteiger partial charge is 0.307 e. The minimum atomic E-state index is -2.04. The van der Waals surface area contributed by atoms with Crippen molar-refractivity contribution in [2.45, 2.75) is 76.7 Å². The van der Waals surface area contributed by atoms with Gasteiger partial charge in [-0.3, -0.25) is 14.4 Å². The van der Waals surface area contributed by atoms with Gasteiger partial charge in [0.2, 0.25) is 0 Å². The van der Waals surface area contributed by atoms with Gasteiger partial charge in [-0.1, -0.05) is 25.5 Å². The van der Waals surface area contributed by atoms with Crippen molar-refractivity contribution in [3.63, 3.8) is 0 Å². The SMILES string of the molecule is C[C@H]1CC2C3CCC4=CC(=O)C=CC4(C)[C@@]3(F)[C@@H](O)CC2(C)[C@@]1(OC(=O)CCC#N)C(=O)CCl. The van der Waals surface area contributed by atoms with Crippen molar-refractivity contribution in [3.8, 4) is 6.07 Å². The number of hydrogen-bond donors (Lipinski definition) is 1. The van der Waals surface area contributed by atoms with Gasteiger partial charge in [-0.05, 0) is 50.7 Å². The molecule has 4 unspecified atom stereocenters. The van der Waals surface area contributed by atoms with E-state index in [-0.39, 0.29) is 36.8 Å². The van der Waals surface area contributed by atoms with Crippen molar-refractivity contribution in [1.82, 2.24) is 0 Å². The summed E-state index contributed by atoms with van der Waals surface area (Å²) in [6.45, 7) is 5.35. The van der Waals surface area contributed by atoms with Gasteiger partial charge in [0.1, 0.15) is 0 Å². The molecule has 3 saturated carbocycles. The van der Waals surface area contributed by atoms with E-state index in [9.17, 15) is 19.5 Å². The summed E-state index contributed by atoms with van der Waals surface area (Å²) in [5, 5.41) is 20.3. The van der Waals surface area contributed by atoms with Crippen molar-refractivity contribution in [2.75, 3.05) is 5.88 Å². The first-order valence-corrected chi connectivity index (χ1v) is 12.4. The zero-order chi connectivity index (χ0) is 25.1. The minimum absolute atomic E-state index is 0.0458. The molecule has 1 N–H and O–H groups in total. The third-order valence-corrected chi connectivity index (χ3v) is 9.68. The fourth-order valence-corrected chi connectivity index (χ4v) is 8.09. The van der Waals surface area contributed by atoms with E-state index in [0.717, 1.165) is 0 Å². The molecule has 6 nitrogen and oxygen atoms in total. The zero-order valence-electron chi connectivity index (χ0n) is 19.8. The Balaban J connectivity index is 1.81. The summed E-state index contributed by atoms with van der Waals surface area (Å²) in [6.07, 6.45) is 4.04. The first kappa shape index (κ1) is 25.1. The number of esters is 1. The summed E-state index contributed by atoms with van der Waals surface area (Å²) in [6, 6.07) is 1.90. The highest BCUT2D eigenvalue weighted by Crippen LogP contribution is 2.71. The van der Waals surface area contributed by atoms with Crippen LogP contribution < -0.4 is 0 Å². The minimum Gasteiger partial charge on any atom is -0.450 e. The Morgan fingerprint density at radius 3 is 2.71 bits per heavy atom. The molecule has 0 radical (unpaired) electrons. The van der Waals surface area contributed by atoms with Crippen LogP contribution in [-0.4, -0.2) is 45.9 Å². The number of alkyl halides is 2. The molecular formula is C26H31ClFNO5. The third kappa shape index (κ3) is 3.04. The lowest BCUT2D eigenvalue weighted by Gasteiger charge is -2.62. The molecule has 0 aromatic rings. The molecule has 8 atom stereocenters. The number of rotatable bonds is 5. The molecule has 4 aliphatic carbocycles. The number of Topliss-reactive ketones (excluding diaryl/α,β-unsaturated/α-hetero) is 1. The number of nitrogens with zero attached hydrogens (tertiary/aromatic N) is 1. The van der Waals surface area contributed by atoms with Gasteiger partial charge in [0.05, 0.1) is 24.5 Å². The Hall–Kier alpha value is -2.04. The first-order chi connectivity index (χ1) is 15.9. The molecular weight excluding hydrogens is 461 g/mol. The lowest BCUT2D eigenvalue weighted by Crippen LogP contribution is -2.70. The number of ketones is 2. The number of halogens is 2. The number of fused-ring (bicyclic) bond motifs is 5. The standard InChI is InChI=1S/C26H31ClFNO5/c1-15-11-19-18-7-6-16-12-17(30)8-9-23(16,2)25(18,28)20(31)13-24(19,3)26(15,21(32)14-27)34-22(33)5-4-10-29/h8-9,12,15,18-20,31H,4-7,11,13-14H2,1-3H3/t15-,18?,19?,20-,23?,24?,25-,26-/m0/s1. The number of allylic oxidation sites excluding steroid dienone is 4. The highest BCUT2D eigenvalue weighted by Gasteiger charge is 2.77. The van der Waals surface area contributed by atoms with Crippen LogP contribution in [-0.2, 0) is 19.1 Å². The summed E-state index contributed by atoms with van der Waals surface area (Å²) < 4.78 is 23.2. The zero-order valence-corrected chi connectivity index (χ0v) is 20.5. The van der Waals surface area contributed by atoms with Crippen LogP contribution in [0.3, 0.4) is 0 Å². The predicted octanol–water partition coefficient (Wildman–Crippen LogP) is 4.00. The predicted molar refractivity (Wildman–Crippen MR) is 122 cm³/mol. The van der Waals surface area contributed by atoms with Gasteiger partial charge >= 0.3 is 5.97 Å². The second kappa shape index (κ2) is 8.27. The van der Waals surface area contributed by atoms with Gasteiger partial charge in [-0.2, -0.15) is 5.26 Å². The van der Waals surface area contributed by atoms with Gasteiger partial charge in [-0.25, -0.2) is 4.39 Å². The van der Waals surface area contributed by atoms with E-state index in [2.05, 4.69) is 0 Å².